The first-order valence-corrected chi connectivity index (χ1v) is 10.8. The van der Waals surface area contributed by atoms with Crippen molar-refractivity contribution in [1.82, 2.24) is 4.90 Å². The van der Waals surface area contributed by atoms with Crippen LogP contribution >= 0.6 is 0 Å². The number of rotatable bonds is 7. The molecule has 0 radical (unpaired) electrons. The van der Waals surface area contributed by atoms with Gasteiger partial charge in [0.1, 0.15) is 11.5 Å². The highest BCUT2D eigenvalue weighted by atomic mass is 16.5. The SMILES string of the molecule is COc1cc(/C=C/CN2CCC(c3ccc(Oc4ccccc4)cc3)CC2)ccc1O. The predicted octanol–water partition coefficient (Wildman–Crippen LogP) is 6.09. The third kappa shape index (κ3) is 5.68. The minimum atomic E-state index is 0.168. The zero-order valence-electron chi connectivity index (χ0n) is 17.9. The van der Waals surface area contributed by atoms with Crippen molar-refractivity contribution < 1.29 is 14.6 Å². The first-order chi connectivity index (χ1) is 15.2. The number of hydrogen-bond donors (Lipinski definition) is 1. The number of likely N-dealkylation sites (tertiary alicyclic amines) is 1. The van der Waals surface area contributed by atoms with Gasteiger partial charge >= 0.3 is 0 Å². The van der Waals surface area contributed by atoms with Crippen molar-refractivity contribution in [2.45, 2.75) is 18.8 Å². The van der Waals surface area contributed by atoms with Crippen LogP contribution in [0.2, 0.25) is 0 Å². The lowest BCUT2D eigenvalue weighted by Gasteiger charge is -2.31. The molecule has 1 N–H and O–H groups in total. The molecule has 4 nitrogen and oxygen atoms in total. The quantitative estimate of drug-likeness (QED) is 0.507. The fourth-order valence-electron chi connectivity index (χ4n) is 4.02. The number of phenolic OH excluding ortho intramolecular Hbond substituents is 1. The van der Waals surface area contributed by atoms with Crippen molar-refractivity contribution in [3.63, 3.8) is 0 Å². The molecule has 0 atom stereocenters. The number of hydrogen-bond acceptors (Lipinski definition) is 4. The molecule has 1 heterocycles. The molecule has 1 aliphatic rings. The Kier molecular flexibility index (Phi) is 6.90. The second-order valence-corrected chi connectivity index (χ2v) is 7.89. The summed E-state index contributed by atoms with van der Waals surface area (Å²) in [6, 6.07) is 23.9. The number of phenols is 1. The maximum Gasteiger partial charge on any atom is 0.161 e. The average Bonchev–Trinajstić information content (AvgIpc) is 2.82. The average molecular weight is 416 g/mol. The van der Waals surface area contributed by atoms with Crippen LogP contribution in [-0.4, -0.2) is 36.8 Å². The maximum absolute atomic E-state index is 9.70. The van der Waals surface area contributed by atoms with E-state index in [9.17, 15) is 5.11 Å². The second-order valence-electron chi connectivity index (χ2n) is 7.89. The van der Waals surface area contributed by atoms with Crippen molar-refractivity contribution in [2.24, 2.45) is 0 Å². The van der Waals surface area contributed by atoms with Gasteiger partial charge in [-0.3, -0.25) is 4.90 Å². The number of methoxy groups -OCH3 is 1. The maximum atomic E-state index is 9.70. The van der Waals surface area contributed by atoms with E-state index in [0.717, 1.165) is 36.7 Å². The van der Waals surface area contributed by atoms with Gasteiger partial charge in [0.25, 0.3) is 0 Å². The number of ether oxygens (including phenoxy) is 2. The molecule has 0 aliphatic carbocycles. The number of benzene rings is 3. The summed E-state index contributed by atoms with van der Waals surface area (Å²) in [6.07, 6.45) is 6.60. The van der Waals surface area contributed by atoms with Gasteiger partial charge in [-0.2, -0.15) is 0 Å². The molecule has 3 aromatic carbocycles. The molecule has 0 unspecified atom stereocenters. The molecule has 4 heteroatoms. The standard InChI is InChI=1S/C27H29NO3/c1-30-27-20-21(9-14-26(27)29)6-5-17-28-18-15-23(16-19-28)22-10-12-25(13-11-22)31-24-7-3-2-4-8-24/h2-14,20,23,29H,15-19H2,1H3/b6-5+. The Morgan fingerprint density at radius 3 is 2.35 bits per heavy atom. The summed E-state index contributed by atoms with van der Waals surface area (Å²) < 4.78 is 11.1. The molecule has 0 spiro atoms. The van der Waals surface area contributed by atoms with E-state index in [2.05, 4.69) is 41.3 Å². The molecule has 0 saturated carbocycles. The van der Waals surface area contributed by atoms with Gasteiger partial charge in [-0.1, -0.05) is 48.6 Å². The summed E-state index contributed by atoms with van der Waals surface area (Å²) in [7, 11) is 1.57. The molecule has 1 fully saturated rings. The number of para-hydroxylation sites is 1. The fourth-order valence-corrected chi connectivity index (χ4v) is 4.02. The predicted molar refractivity (Wildman–Crippen MR) is 125 cm³/mol. The van der Waals surface area contributed by atoms with Gasteiger partial charge in [0.05, 0.1) is 7.11 Å². The minimum Gasteiger partial charge on any atom is -0.504 e. The monoisotopic (exact) mass is 415 g/mol. The van der Waals surface area contributed by atoms with Crippen LogP contribution < -0.4 is 9.47 Å². The van der Waals surface area contributed by atoms with Crippen LogP contribution in [0.4, 0.5) is 0 Å². The number of piperidine rings is 1. The van der Waals surface area contributed by atoms with Gasteiger partial charge in [0.2, 0.25) is 0 Å². The van der Waals surface area contributed by atoms with Gasteiger partial charge in [0, 0.05) is 6.54 Å². The van der Waals surface area contributed by atoms with Crippen LogP contribution in [-0.2, 0) is 0 Å². The summed E-state index contributed by atoms with van der Waals surface area (Å²) in [4.78, 5) is 2.48. The molecule has 0 bridgehead atoms. The van der Waals surface area contributed by atoms with Gasteiger partial charge in [-0.25, -0.2) is 0 Å². The highest BCUT2D eigenvalue weighted by molar-refractivity contribution is 5.55. The zero-order chi connectivity index (χ0) is 21.5. The molecule has 0 amide bonds. The Morgan fingerprint density at radius 1 is 0.935 bits per heavy atom. The van der Waals surface area contributed by atoms with E-state index in [1.807, 2.05) is 42.5 Å². The van der Waals surface area contributed by atoms with E-state index in [1.165, 1.54) is 18.4 Å². The smallest absolute Gasteiger partial charge is 0.161 e. The van der Waals surface area contributed by atoms with Crippen molar-refractivity contribution >= 4 is 6.08 Å². The Morgan fingerprint density at radius 2 is 1.65 bits per heavy atom. The van der Waals surface area contributed by atoms with E-state index < -0.39 is 0 Å². The Balaban J connectivity index is 1.26. The largest absolute Gasteiger partial charge is 0.504 e. The fraction of sp³-hybridized carbons (Fsp3) is 0.259. The molecular formula is C27H29NO3. The van der Waals surface area contributed by atoms with E-state index in [0.29, 0.717) is 11.7 Å². The molecule has 0 aromatic heterocycles. The molecule has 31 heavy (non-hydrogen) atoms. The lowest BCUT2D eigenvalue weighted by Crippen LogP contribution is -2.33. The Bertz CT molecular complexity index is 991. The van der Waals surface area contributed by atoms with Crippen LogP contribution in [0.25, 0.3) is 6.08 Å². The van der Waals surface area contributed by atoms with Crippen molar-refractivity contribution in [3.8, 4) is 23.0 Å². The van der Waals surface area contributed by atoms with Crippen LogP contribution in [0.3, 0.4) is 0 Å². The summed E-state index contributed by atoms with van der Waals surface area (Å²) in [5.74, 6) is 3.02. The van der Waals surface area contributed by atoms with Gasteiger partial charge in [0.15, 0.2) is 11.5 Å². The lowest BCUT2D eigenvalue weighted by atomic mass is 9.89. The number of nitrogens with zero attached hydrogens (tertiary/aromatic N) is 1. The highest BCUT2D eigenvalue weighted by Crippen LogP contribution is 2.30. The van der Waals surface area contributed by atoms with Gasteiger partial charge in [-0.05, 0) is 79.4 Å². The van der Waals surface area contributed by atoms with E-state index in [1.54, 1.807) is 13.2 Å². The van der Waals surface area contributed by atoms with Crippen molar-refractivity contribution in [1.29, 1.82) is 0 Å². The van der Waals surface area contributed by atoms with Crippen LogP contribution in [0.5, 0.6) is 23.0 Å². The molecule has 4 rings (SSSR count). The van der Waals surface area contributed by atoms with Crippen molar-refractivity contribution in [3.05, 3.63) is 90.0 Å². The van der Waals surface area contributed by atoms with Crippen LogP contribution in [0.1, 0.15) is 29.9 Å². The van der Waals surface area contributed by atoms with Gasteiger partial charge < -0.3 is 14.6 Å². The third-order valence-corrected chi connectivity index (χ3v) is 5.80. The molecular weight excluding hydrogens is 386 g/mol. The summed E-state index contributed by atoms with van der Waals surface area (Å²) >= 11 is 0. The third-order valence-electron chi connectivity index (χ3n) is 5.80. The Hall–Kier alpha value is -3.24. The first kappa shape index (κ1) is 21.0. The van der Waals surface area contributed by atoms with Crippen molar-refractivity contribution in [2.75, 3.05) is 26.7 Å². The molecule has 1 saturated heterocycles. The Labute approximate surface area is 184 Å². The lowest BCUT2D eigenvalue weighted by molar-refractivity contribution is 0.233. The van der Waals surface area contributed by atoms with Crippen LogP contribution in [0.15, 0.2) is 78.9 Å². The van der Waals surface area contributed by atoms with E-state index in [4.69, 9.17) is 9.47 Å². The summed E-state index contributed by atoms with van der Waals surface area (Å²) in [5, 5.41) is 9.70. The number of aromatic hydroxyl groups is 1. The topological polar surface area (TPSA) is 41.9 Å². The molecule has 160 valence electrons. The molecule has 3 aromatic rings. The summed E-state index contributed by atoms with van der Waals surface area (Å²) in [6.45, 7) is 3.12. The van der Waals surface area contributed by atoms with Gasteiger partial charge in [-0.15, -0.1) is 0 Å². The zero-order valence-corrected chi connectivity index (χ0v) is 17.9. The minimum absolute atomic E-state index is 0.168. The second kappa shape index (κ2) is 10.2. The van der Waals surface area contributed by atoms with E-state index in [-0.39, 0.29) is 5.75 Å². The van der Waals surface area contributed by atoms with E-state index >= 15 is 0 Å². The normalized spacial score (nSPS) is 15.3. The highest BCUT2D eigenvalue weighted by Gasteiger charge is 2.19. The van der Waals surface area contributed by atoms with Crippen LogP contribution in [0, 0.1) is 0 Å². The first-order valence-electron chi connectivity index (χ1n) is 10.8. The molecule has 1 aliphatic heterocycles. The summed E-state index contributed by atoms with van der Waals surface area (Å²) in [5.41, 5.74) is 2.43.